The molecule has 2 heterocycles. The summed E-state index contributed by atoms with van der Waals surface area (Å²) in [7, 11) is 1.38. The molecule has 1 amide bonds. The second-order valence-corrected chi connectivity index (χ2v) is 8.89. The van der Waals surface area contributed by atoms with E-state index >= 15 is 0 Å². The van der Waals surface area contributed by atoms with E-state index in [-0.39, 0.29) is 29.9 Å². The van der Waals surface area contributed by atoms with Crippen LogP contribution in [0.25, 0.3) is 0 Å². The summed E-state index contributed by atoms with van der Waals surface area (Å²) in [5.41, 5.74) is 3.28. The molecule has 1 aliphatic heterocycles. The number of carbonyl (C=O) groups excluding carboxylic acids is 2. The predicted octanol–water partition coefficient (Wildman–Crippen LogP) is 4.48. The molecule has 4 rings (SSSR count). The van der Waals surface area contributed by atoms with Gasteiger partial charge in [0.2, 0.25) is 5.91 Å². The lowest BCUT2D eigenvalue weighted by Gasteiger charge is -2.44. The highest BCUT2D eigenvalue weighted by molar-refractivity contribution is 5.96. The van der Waals surface area contributed by atoms with E-state index in [9.17, 15) is 9.59 Å². The summed E-state index contributed by atoms with van der Waals surface area (Å²) in [6, 6.07) is 5.39. The molecule has 1 fully saturated rings. The van der Waals surface area contributed by atoms with Crippen LogP contribution in [0, 0.1) is 5.92 Å². The Hall–Kier alpha value is -2.70. The first-order chi connectivity index (χ1) is 15.0. The van der Waals surface area contributed by atoms with Gasteiger partial charge in [-0.05, 0) is 37.5 Å². The van der Waals surface area contributed by atoms with Crippen molar-refractivity contribution in [1.82, 2.24) is 15.0 Å². The molecule has 1 aliphatic carbocycles. The van der Waals surface area contributed by atoms with Crippen LogP contribution in [0.1, 0.15) is 92.9 Å². The van der Waals surface area contributed by atoms with Crippen LogP contribution in [0.3, 0.4) is 0 Å². The quantitative estimate of drug-likeness (QED) is 0.676. The monoisotopic (exact) mass is 424 g/mol. The minimum Gasteiger partial charge on any atom is -0.465 e. The molecular weight excluding hydrogens is 392 g/mol. The van der Waals surface area contributed by atoms with Gasteiger partial charge in [-0.1, -0.05) is 38.3 Å². The number of ether oxygens (including phenoxy) is 1. The number of hydrogen-bond donors (Lipinski definition) is 0. The Morgan fingerprint density at radius 3 is 2.58 bits per heavy atom. The average Bonchev–Trinajstić information content (AvgIpc) is 3.27. The van der Waals surface area contributed by atoms with Crippen LogP contribution in [-0.4, -0.2) is 40.0 Å². The minimum absolute atomic E-state index is 0.00528. The molecule has 0 unspecified atom stereocenters. The summed E-state index contributed by atoms with van der Waals surface area (Å²) >= 11 is 0. The first kappa shape index (κ1) is 21.5. The molecule has 2 aromatic rings. The van der Waals surface area contributed by atoms with Crippen molar-refractivity contribution < 1.29 is 14.3 Å². The fourth-order valence-electron chi connectivity index (χ4n) is 5.52. The van der Waals surface area contributed by atoms with E-state index in [1.807, 2.05) is 21.7 Å². The molecule has 2 aliphatic rings. The van der Waals surface area contributed by atoms with Gasteiger partial charge in [0.25, 0.3) is 0 Å². The normalized spacial score (nSPS) is 24.0. The number of aromatic nitrogens is 3. The summed E-state index contributed by atoms with van der Waals surface area (Å²) in [5, 5.41) is 9.09. The standard InChI is InChI=1S/C24H32N4O3/c1-5-21-15(2)23(27-14-20(25-26-27)17-9-7-6-8-10-17)19-13-18(24(30)31-4)11-12-22(19)28(21)16(3)29/h11-15,17,21,23H,5-10H2,1-4H3/t15-,21+,23+/m1/s1. The van der Waals surface area contributed by atoms with Gasteiger partial charge < -0.3 is 9.64 Å². The molecule has 0 bridgehead atoms. The van der Waals surface area contributed by atoms with Crippen molar-refractivity contribution in [1.29, 1.82) is 0 Å². The first-order valence-electron chi connectivity index (χ1n) is 11.4. The molecule has 1 aromatic carbocycles. The number of rotatable bonds is 4. The zero-order chi connectivity index (χ0) is 22.1. The number of nitrogens with zero attached hydrogens (tertiary/aromatic N) is 4. The number of carbonyl (C=O) groups is 2. The Morgan fingerprint density at radius 2 is 1.94 bits per heavy atom. The van der Waals surface area contributed by atoms with Crippen molar-refractivity contribution in [2.24, 2.45) is 5.92 Å². The van der Waals surface area contributed by atoms with Crippen LogP contribution in [0.5, 0.6) is 0 Å². The Labute approximate surface area is 183 Å². The number of amides is 1. The largest absolute Gasteiger partial charge is 0.465 e. The Kier molecular flexibility index (Phi) is 6.12. The maximum absolute atomic E-state index is 12.6. The number of methoxy groups -OCH3 is 1. The van der Waals surface area contributed by atoms with Crippen LogP contribution in [0.2, 0.25) is 0 Å². The van der Waals surface area contributed by atoms with Gasteiger partial charge in [0.1, 0.15) is 0 Å². The van der Waals surface area contributed by atoms with E-state index in [1.165, 1.54) is 26.4 Å². The highest BCUT2D eigenvalue weighted by Gasteiger charge is 2.41. The maximum Gasteiger partial charge on any atom is 0.337 e. The number of hydrogen-bond acceptors (Lipinski definition) is 5. The van der Waals surface area contributed by atoms with Gasteiger partial charge in [0.15, 0.2) is 0 Å². The van der Waals surface area contributed by atoms with Crippen LogP contribution < -0.4 is 4.90 Å². The molecule has 0 N–H and O–H groups in total. The molecule has 166 valence electrons. The average molecular weight is 425 g/mol. The molecule has 1 saturated carbocycles. The Morgan fingerprint density at radius 1 is 1.19 bits per heavy atom. The molecule has 7 heteroatoms. The van der Waals surface area contributed by atoms with E-state index in [1.54, 1.807) is 13.0 Å². The van der Waals surface area contributed by atoms with Gasteiger partial charge in [0.05, 0.1) is 24.4 Å². The number of fused-ring (bicyclic) bond motifs is 1. The zero-order valence-corrected chi connectivity index (χ0v) is 18.9. The van der Waals surface area contributed by atoms with Gasteiger partial charge in [-0.25, -0.2) is 9.48 Å². The van der Waals surface area contributed by atoms with Gasteiger partial charge >= 0.3 is 5.97 Å². The highest BCUT2D eigenvalue weighted by Crippen LogP contribution is 2.44. The topological polar surface area (TPSA) is 77.3 Å². The third kappa shape index (κ3) is 3.86. The van der Waals surface area contributed by atoms with Gasteiger partial charge in [-0.2, -0.15) is 0 Å². The predicted molar refractivity (Wildman–Crippen MR) is 118 cm³/mol. The van der Waals surface area contributed by atoms with Crippen molar-refractivity contribution >= 4 is 17.6 Å². The molecule has 0 saturated heterocycles. The summed E-state index contributed by atoms with van der Waals surface area (Å²) in [6.45, 7) is 5.87. The van der Waals surface area contributed by atoms with Crippen LogP contribution >= 0.6 is 0 Å². The fourth-order valence-corrected chi connectivity index (χ4v) is 5.52. The van der Waals surface area contributed by atoms with Crippen molar-refractivity contribution in [3.63, 3.8) is 0 Å². The van der Waals surface area contributed by atoms with Gasteiger partial charge in [-0.3, -0.25) is 4.79 Å². The molecular formula is C24H32N4O3. The lowest BCUT2D eigenvalue weighted by atomic mass is 9.80. The van der Waals surface area contributed by atoms with Crippen molar-refractivity contribution in [3.8, 4) is 0 Å². The first-order valence-corrected chi connectivity index (χ1v) is 11.4. The Bertz CT molecular complexity index is 963. The third-order valence-corrected chi connectivity index (χ3v) is 7.06. The minimum atomic E-state index is -0.386. The molecule has 3 atom stereocenters. The van der Waals surface area contributed by atoms with Crippen molar-refractivity contribution in [3.05, 3.63) is 41.2 Å². The summed E-state index contributed by atoms with van der Waals surface area (Å²) < 4.78 is 6.89. The molecule has 0 radical (unpaired) electrons. The van der Waals surface area contributed by atoms with E-state index in [2.05, 4.69) is 30.4 Å². The summed E-state index contributed by atoms with van der Waals surface area (Å²) in [4.78, 5) is 26.7. The lowest BCUT2D eigenvalue weighted by Crippen LogP contribution is -2.49. The van der Waals surface area contributed by atoms with E-state index in [4.69, 9.17) is 4.74 Å². The molecule has 1 aromatic heterocycles. The SMILES string of the molecule is CC[C@H]1[C@@H](C)[C@H](n2cc(C3CCCCC3)nn2)c2cc(C(=O)OC)ccc2N1C(C)=O. The van der Waals surface area contributed by atoms with Crippen LogP contribution in [0.15, 0.2) is 24.4 Å². The second kappa shape index (κ2) is 8.81. The van der Waals surface area contributed by atoms with Crippen molar-refractivity contribution in [2.75, 3.05) is 12.0 Å². The third-order valence-electron chi connectivity index (χ3n) is 7.06. The Balaban J connectivity index is 1.81. The van der Waals surface area contributed by atoms with E-state index in [0.29, 0.717) is 11.5 Å². The maximum atomic E-state index is 12.6. The molecule has 0 spiro atoms. The van der Waals surface area contributed by atoms with E-state index in [0.717, 1.165) is 36.2 Å². The molecule has 7 nitrogen and oxygen atoms in total. The fraction of sp³-hybridized carbons (Fsp3) is 0.583. The number of esters is 1. The zero-order valence-electron chi connectivity index (χ0n) is 18.9. The number of benzene rings is 1. The lowest BCUT2D eigenvalue weighted by molar-refractivity contribution is -0.117. The molecule has 31 heavy (non-hydrogen) atoms. The van der Waals surface area contributed by atoms with E-state index < -0.39 is 0 Å². The van der Waals surface area contributed by atoms with Gasteiger partial charge in [0, 0.05) is 42.2 Å². The van der Waals surface area contributed by atoms with Crippen LogP contribution in [-0.2, 0) is 9.53 Å². The number of anilines is 1. The summed E-state index contributed by atoms with van der Waals surface area (Å²) in [5.74, 6) is 0.196. The smallest absolute Gasteiger partial charge is 0.337 e. The van der Waals surface area contributed by atoms with Crippen molar-refractivity contribution in [2.45, 2.75) is 77.3 Å². The van der Waals surface area contributed by atoms with Gasteiger partial charge in [-0.15, -0.1) is 5.10 Å². The summed E-state index contributed by atoms with van der Waals surface area (Å²) in [6.07, 6.45) is 9.03. The second-order valence-electron chi connectivity index (χ2n) is 8.89. The van der Waals surface area contributed by atoms with Crippen LogP contribution in [0.4, 0.5) is 5.69 Å². The highest BCUT2D eigenvalue weighted by atomic mass is 16.5.